The van der Waals surface area contributed by atoms with Crippen molar-refractivity contribution in [1.29, 1.82) is 0 Å². The average molecular weight is 192 g/mol. The molecule has 0 N–H and O–H groups in total. The second-order valence-electron chi connectivity index (χ2n) is 2.88. The van der Waals surface area contributed by atoms with Gasteiger partial charge in [-0.1, -0.05) is 18.2 Å². The maximum Gasteiger partial charge on any atom is 0.150 e. The molecule has 1 aromatic rings. The third kappa shape index (κ3) is 3.07. The molecule has 0 amide bonds. The van der Waals surface area contributed by atoms with Gasteiger partial charge in [-0.05, 0) is 30.2 Å². The first kappa shape index (κ1) is 10.1. The van der Waals surface area contributed by atoms with Crippen molar-refractivity contribution in [2.24, 2.45) is 0 Å². The van der Waals surface area contributed by atoms with Crippen LogP contribution in [0.3, 0.4) is 0 Å². The summed E-state index contributed by atoms with van der Waals surface area (Å²) in [4.78, 5) is 10.5. The van der Waals surface area contributed by atoms with Gasteiger partial charge in [-0.3, -0.25) is 4.79 Å². The van der Waals surface area contributed by atoms with Crippen molar-refractivity contribution in [2.45, 2.75) is 6.92 Å². The first-order valence-electron chi connectivity index (χ1n) is 4.10. The molecule has 1 rings (SSSR count). The predicted molar refractivity (Wildman–Crippen MR) is 59.5 cm³/mol. The lowest BCUT2D eigenvalue weighted by Gasteiger charge is -1.98. The Hall–Kier alpha value is -1.02. The Morgan fingerprint density at radius 3 is 2.62 bits per heavy atom. The smallest absolute Gasteiger partial charge is 0.150 e. The third-order valence-electron chi connectivity index (χ3n) is 1.67. The van der Waals surface area contributed by atoms with Crippen LogP contribution in [-0.2, 0) is 0 Å². The van der Waals surface area contributed by atoms with Crippen LogP contribution in [0.4, 0.5) is 0 Å². The number of aldehydes is 1. The van der Waals surface area contributed by atoms with Crippen molar-refractivity contribution in [2.75, 3.05) is 5.75 Å². The van der Waals surface area contributed by atoms with E-state index in [1.807, 2.05) is 37.3 Å². The van der Waals surface area contributed by atoms with Crippen molar-refractivity contribution in [3.05, 3.63) is 41.0 Å². The molecule has 0 atom stereocenters. The molecule has 13 heavy (non-hydrogen) atoms. The average Bonchev–Trinajstić information content (AvgIpc) is 2.14. The molecule has 0 heterocycles. The highest BCUT2D eigenvalue weighted by Gasteiger charge is 1.94. The zero-order valence-corrected chi connectivity index (χ0v) is 8.42. The van der Waals surface area contributed by atoms with E-state index in [0.717, 1.165) is 23.0 Å². The molecule has 68 valence electrons. The van der Waals surface area contributed by atoms with E-state index in [9.17, 15) is 4.79 Å². The number of hydrogen-bond acceptors (Lipinski definition) is 2. The molecule has 0 bridgehead atoms. The minimum Gasteiger partial charge on any atom is -0.298 e. The molecule has 0 saturated carbocycles. The van der Waals surface area contributed by atoms with Crippen LogP contribution in [0, 0.1) is 6.92 Å². The van der Waals surface area contributed by atoms with Gasteiger partial charge in [0.25, 0.3) is 0 Å². The van der Waals surface area contributed by atoms with E-state index in [-0.39, 0.29) is 0 Å². The minimum atomic E-state index is 0.713. The van der Waals surface area contributed by atoms with E-state index in [1.165, 1.54) is 0 Å². The molecule has 2 heteroatoms. The Balaban J connectivity index is 3.01. The molecule has 0 fully saturated rings. The van der Waals surface area contributed by atoms with Gasteiger partial charge in [0.15, 0.2) is 0 Å². The SMILES string of the molecule is Cc1cc(C=O)cc(C=CCS)c1. The van der Waals surface area contributed by atoms with Crippen LogP contribution in [0.1, 0.15) is 21.5 Å². The number of carbonyl (C=O) groups is 1. The Morgan fingerprint density at radius 1 is 1.31 bits per heavy atom. The maximum atomic E-state index is 10.5. The highest BCUT2D eigenvalue weighted by molar-refractivity contribution is 7.80. The van der Waals surface area contributed by atoms with Crippen LogP contribution in [0.15, 0.2) is 24.3 Å². The number of aryl methyl sites for hydroxylation is 1. The summed E-state index contributed by atoms with van der Waals surface area (Å²) in [6, 6.07) is 5.76. The van der Waals surface area contributed by atoms with Gasteiger partial charge in [-0.2, -0.15) is 12.6 Å². The Kier molecular flexibility index (Phi) is 3.77. The molecule has 1 nitrogen and oxygen atoms in total. The normalized spacial score (nSPS) is 10.6. The molecule has 0 aliphatic heterocycles. The fourth-order valence-corrected chi connectivity index (χ4v) is 1.30. The van der Waals surface area contributed by atoms with Crippen molar-refractivity contribution in [1.82, 2.24) is 0 Å². The van der Waals surface area contributed by atoms with Crippen molar-refractivity contribution >= 4 is 25.0 Å². The topological polar surface area (TPSA) is 17.1 Å². The van der Waals surface area contributed by atoms with Crippen molar-refractivity contribution < 1.29 is 4.79 Å². The Bertz CT molecular complexity index is 329. The van der Waals surface area contributed by atoms with E-state index in [0.29, 0.717) is 5.75 Å². The van der Waals surface area contributed by atoms with Gasteiger partial charge in [0.05, 0.1) is 0 Å². The van der Waals surface area contributed by atoms with Gasteiger partial charge >= 0.3 is 0 Å². The summed E-state index contributed by atoms with van der Waals surface area (Å²) >= 11 is 4.07. The van der Waals surface area contributed by atoms with Gasteiger partial charge < -0.3 is 0 Å². The van der Waals surface area contributed by atoms with Crippen molar-refractivity contribution in [3.63, 3.8) is 0 Å². The number of benzene rings is 1. The molecule has 0 aliphatic rings. The van der Waals surface area contributed by atoms with E-state index in [1.54, 1.807) is 0 Å². The summed E-state index contributed by atoms with van der Waals surface area (Å²) in [5, 5.41) is 0. The first-order chi connectivity index (χ1) is 6.26. The minimum absolute atomic E-state index is 0.713. The highest BCUT2D eigenvalue weighted by atomic mass is 32.1. The lowest BCUT2D eigenvalue weighted by molar-refractivity contribution is 0.112. The summed E-state index contributed by atoms with van der Waals surface area (Å²) in [5.41, 5.74) is 2.87. The molecule has 1 aromatic carbocycles. The number of thiol groups is 1. The van der Waals surface area contributed by atoms with Gasteiger partial charge in [-0.15, -0.1) is 0 Å². The zero-order valence-electron chi connectivity index (χ0n) is 7.53. The van der Waals surface area contributed by atoms with E-state index < -0.39 is 0 Å². The Labute approximate surface area is 83.9 Å². The summed E-state index contributed by atoms with van der Waals surface area (Å²) in [5.74, 6) is 0.713. The van der Waals surface area contributed by atoms with Crippen LogP contribution >= 0.6 is 12.6 Å². The molecular formula is C11H12OS. The van der Waals surface area contributed by atoms with Gasteiger partial charge in [-0.25, -0.2) is 0 Å². The molecule has 0 aromatic heterocycles. The molecular weight excluding hydrogens is 180 g/mol. The van der Waals surface area contributed by atoms with E-state index in [2.05, 4.69) is 12.6 Å². The van der Waals surface area contributed by atoms with Crippen LogP contribution in [0.2, 0.25) is 0 Å². The molecule has 0 aliphatic carbocycles. The Morgan fingerprint density at radius 2 is 2.00 bits per heavy atom. The van der Waals surface area contributed by atoms with Crippen LogP contribution < -0.4 is 0 Å². The van der Waals surface area contributed by atoms with Gasteiger partial charge in [0, 0.05) is 11.3 Å². The largest absolute Gasteiger partial charge is 0.298 e. The second kappa shape index (κ2) is 4.87. The van der Waals surface area contributed by atoms with Gasteiger partial charge in [0.2, 0.25) is 0 Å². The van der Waals surface area contributed by atoms with Crippen LogP contribution in [-0.4, -0.2) is 12.0 Å². The number of hydrogen-bond donors (Lipinski definition) is 1. The summed E-state index contributed by atoms with van der Waals surface area (Å²) in [6.07, 6.45) is 4.78. The van der Waals surface area contributed by atoms with Crippen molar-refractivity contribution in [3.8, 4) is 0 Å². The van der Waals surface area contributed by atoms with Gasteiger partial charge in [0.1, 0.15) is 6.29 Å². The zero-order chi connectivity index (χ0) is 9.68. The summed E-state index contributed by atoms with van der Waals surface area (Å²) < 4.78 is 0. The lowest BCUT2D eigenvalue weighted by atomic mass is 10.1. The lowest BCUT2D eigenvalue weighted by Crippen LogP contribution is -1.84. The molecule has 0 saturated heterocycles. The second-order valence-corrected chi connectivity index (χ2v) is 3.24. The molecule has 0 radical (unpaired) electrons. The fraction of sp³-hybridized carbons (Fsp3) is 0.182. The fourth-order valence-electron chi connectivity index (χ4n) is 1.20. The van der Waals surface area contributed by atoms with E-state index >= 15 is 0 Å². The number of rotatable bonds is 3. The number of carbonyl (C=O) groups excluding carboxylic acids is 1. The maximum absolute atomic E-state index is 10.5. The first-order valence-corrected chi connectivity index (χ1v) is 4.74. The molecule has 0 spiro atoms. The quantitative estimate of drug-likeness (QED) is 0.575. The molecule has 0 unspecified atom stereocenters. The summed E-state index contributed by atoms with van der Waals surface area (Å²) in [7, 11) is 0. The van der Waals surface area contributed by atoms with E-state index in [4.69, 9.17) is 0 Å². The standard InChI is InChI=1S/C11H12OS/c1-9-5-10(3-2-4-13)7-11(6-9)8-12/h2-3,5-8,13H,4H2,1H3. The third-order valence-corrected chi connectivity index (χ3v) is 1.88. The van der Waals surface area contributed by atoms with Crippen LogP contribution in [0.5, 0.6) is 0 Å². The highest BCUT2D eigenvalue weighted by Crippen LogP contribution is 2.09. The van der Waals surface area contributed by atoms with Crippen LogP contribution in [0.25, 0.3) is 6.08 Å². The monoisotopic (exact) mass is 192 g/mol. The predicted octanol–water partition coefficient (Wildman–Crippen LogP) is 2.75. The summed E-state index contributed by atoms with van der Waals surface area (Å²) in [6.45, 7) is 1.98.